The molecule has 1 aromatic carbocycles. The second-order valence-corrected chi connectivity index (χ2v) is 4.42. The lowest BCUT2D eigenvalue weighted by molar-refractivity contribution is -0.117. The van der Waals surface area contributed by atoms with Gasteiger partial charge in [0.15, 0.2) is 0 Å². The van der Waals surface area contributed by atoms with Crippen LogP contribution in [-0.4, -0.2) is 29.6 Å². The third-order valence-electron chi connectivity index (χ3n) is 3.20. The standard InChI is InChI=1S/C13H16N2O3/c1-8-9(13(17)18)4-2-5-10(8)15-12(16)11-6-3-7-14-11/h2,4-5,11,14H,3,6-7H2,1H3,(H,15,16)(H,17,18)/t11-/m0/s1. The first kappa shape index (κ1) is 12.6. The fourth-order valence-electron chi connectivity index (χ4n) is 2.13. The highest BCUT2D eigenvalue weighted by Crippen LogP contribution is 2.20. The molecule has 0 unspecified atom stereocenters. The van der Waals surface area contributed by atoms with Gasteiger partial charge in [-0.3, -0.25) is 4.79 Å². The summed E-state index contributed by atoms with van der Waals surface area (Å²) in [5.74, 6) is -1.08. The number of nitrogens with one attached hydrogen (secondary N) is 2. The number of hydrogen-bond acceptors (Lipinski definition) is 3. The third kappa shape index (κ3) is 2.51. The van der Waals surface area contributed by atoms with Crippen molar-refractivity contribution in [3.63, 3.8) is 0 Å². The van der Waals surface area contributed by atoms with Gasteiger partial charge in [0.25, 0.3) is 0 Å². The van der Waals surface area contributed by atoms with E-state index in [9.17, 15) is 9.59 Å². The molecule has 1 heterocycles. The predicted octanol–water partition coefficient (Wildman–Crippen LogP) is 1.38. The van der Waals surface area contributed by atoms with Crippen molar-refractivity contribution in [2.75, 3.05) is 11.9 Å². The molecule has 1 amide bonds. The Bertz CT molecular complexity index is 479. The Morgan fingerprint density at radius 2 is 2.22 bits per heavy atom. The van der Waals surface area contributed by atoms with E-state index >= 15 is 0 Å². The molecule has 96 valence electrons. The number of hydrogen-bond donors (Lipinski definition) is 3. The zero-order chi connectivity index (χ0) is 13.1. The Morgan fingerprint density at radius 1 is 1.44 bits per heavy atom. The van der Waals surface area contributed by atoms with Gasteiger partial charge in [-0.2, -0.15) is 0 Å². The van der Waals surface area contributed by atoms with Crippen LogP contribution in [0.3, 0.4) is 0 Å². The van der Waals surface area contributed by atoms with E-state index < -0.39 is 5.97 Å². The SMILES string of the molecule is Cc1c(NC(=O)[C@@H]2CCCN2)cccc1C(=O)O. The van der Waals surface area contributed by atoms with E-state index in [2.05, 4.69) is 10.6 Å². The van der Waals surface area contributed by atoms with E-state index in [0.29, 0.717) is 11.3 Å². The normalized spacial score (nSPS) is 18.6. The molecule has 0 bridgehead atoms. The van der Waals surface area contributed by atoms with Crippen LogP contribution in [0.2, 0.25) is 0 Å². The van der Waals surface area contributed by atoms with E-state index in [4.69, 9.17) is 5.11 Å². The highest BCUT2D eigenvalue weighted by Gasteiger charge is 2.22. The summed E-state index contributed by atoms with van der Waals surface area (Å²) in [5, 5.41) is 14.9. The molecule has 1 aliphatic heterocycles. The van der Waals surface area contributed by atoms with Gasteiger partial charge in [-0.1, -0.05) is 6.07 Å². The molecule has 1 aromatic rings. The number of carbonyl (C=O) groups excluding carboxylic acids is 1. The summed E-state index contributed by atoms with van der Waals surface area (Å²) in [6.45, 7) is 2.55. The maximum Gasteiger partial charge on any atom is 0.336 e. The Kier molecular flexibility index (Phi) is 3.62. The van der Waals surface area contributed by atoms with Crippen LogP contribution in [0, 0.1) is 6.92 Å². The first-order chi connectivity index (χ1) is 8.59. The van der Waals surface area contributed by atoms with Gasteiger partial charge in [0.05, 0.1) is 11.6 Å². The van der Waals surface area contributed by atoms with Gasteiger partial charge in [-0.15, -0.1) is 0 Å². The molecular formula is C13H16N2O3. The van der Waals surface area contributed by atoms with Gasteiger partial charge in [-0.25, -0.2) is 4.79 Å². The molecule has 1 atom stereocenters. The van der Waals surface area contributed by atoms with Gasteiger partial charge in [-0.05, 0) is 44.0 Å². The summed E-state index contributed by atoms with van der Waals surface area (Å²) >= 11 is 0. The van der Waals surface area contributed by atoms with Gasteiger partial charge < -0.3 is 15.7 Å². The van der Waals surface area contributed by atoms with Crippen LogP contribution < -0.4 is 10.6 Å². The van der Waals surface area contributed by atoms with E-state index in [0.717, 1.165) is 19.4 Å². The maximum absolute atomic E-state index is 11.9. The molecule has 5 nitrogen and oxygen atoms in total. The van der Waals surface area contributed by atoms with Crippen LogP contribution in [0.5, 0.6) is 0 Å². The number of carboxylic acids is 1. The number of rotatable bonds is 3. The van der Waals surface area contributed by atoms with Crippen LogP contribution in [0.15, 0.2) is 18.2 Å². The predicted molar refractivity (Wildman–Crippen MR) is 67.8 cm³/mol. The van der Waals surface area contributed by atoms with E-state index in [1.54, 1.807) is 19.1 Å². The monoisotopic (exact) mass is 248 g/mol. The van der Waals surface area contributed by atoms with Gasteiger partial charge in [0.1, 0.15) is 0 Å². The Hall–Kier alpha value is -1.88. The molecule has 1 aliphatic rings. The number of amides is 1. The molecular weight excluding hydrogens is 232 g/mol. The zero-order valence-corrected chi connectivity index (χ0v) is 10.2. The molecule has 18 heavy (non-hydrogen) atoms. The number of carbonyl (C=O) groups is 2. The summed E-state index contributed by atoms with van der Waals surface area (Å²) < 4.78 is 0. The zero-order valence-electron chi connectivity index (χ0n) is 10.2. The second-order valence-electron chi connectivity index (χ2n) is 4.42. The minimum Gasteiger partial charge on any atom is -0.478 e. The third-order valence-corrected chi connectivity index (χ3v) is 3.20. The smallest absolute Gasteiger partial charge is 0.336 e. The second kappa shape index (κ2) is 5.18. The summed E-state index contributed by atoms with van der Waals surface area (Å²) in [5.41, 5.74) is 1.36. The molecule has 1 saturated heterocycles. The largest absolute Gasteiger partial charge is 0.478 e. The van der Waals surface area contributed by atoms with Crippen LogP contribution in [0.4, 0.5) is 5.69 Å². The fourth-order valence-corrected chi connectivity index (χ4v) is 2.13. The highest BCUT2D eigenvalue weighted by atomic mass is 16.4. The summed E-state index contributed by atoms with van der Waals surface area (Å²) in [6.07, 6.45) is 1.82. The van der Waals surface area contributed by atoms with Gasteiger partial charge in [0, 0.05) is 5.69 Å². The van der Waals surface area contributed by atoms with Crippen molar-refractivity contribution in [2.24, 2.45) is 0 Å². The molecule has 0 spiro atoms. The molecule has 1 fully saturated rings. The van der Waals surface area contributed by atoms with Crippen LogP contribution in [0.1, 0.15) is 28.8 Å². The Morgan fingerprint density at radius 3 is 2.83 bits per heavy atom. The van der Waals surface area contributed by atoms with Gasteiger partial charge in [0.2, 0.25) is 5.91 Å². The lowest BCUT2D eigenvalue weighted by atomic mass is 10.1. The average Bonchev–Trinajstić information content (AvgIpc) is 2.85. The van der Waals surface area contributed by atoms with E-state index in [-0.39, 0.29) is 17.5 Å². The molecule has 3 N–H and O–H groups in total. The van der Waals surface area contributed by atoms with Crippen molar-refractivity contribution in [3.05, 3.63) is 29.3 Å². The first-order valence-electron chi connectivity index (χ1n) is 5.97. The van der Waals surface area contributed by atoms with Crippen LogP contribution in [-0.2, 0) is 4.79 Å². The minimum atomic E-state index is -0.984. The van der Waals surface area contributed by atoms with Gasteiger partial charge >= 0.3 is 5.97 Å². The minimum absolute atomic E-state index is 0.0989. The number of benzene rings is 1. The number of aromatic carboxylic acids is 1. The van der Waals surface area contributed by atoms with E-state index in [1.165, 1.54) is 6.07 Å². The fraction of sp³-hybridized carbons (Fsp3) is 0.385. The molecule has 5 heteroatoms. The first-order valence-corrected chi connectivity index (χ1v) is 5.97. The highest BCUT2D eigenvalue weighted by molar-refractivity contribution is 5.98. The van der Waals surface area contributed by atoms with E-state index in [1.807, 2.05) is 0 Å². The molecule has 2 rings (SSSR count). The summed E-state index contributed by atoms with van der Waals surface area (Å²) in [4.78, 5) is 22.9. The lowest BCUT2D eigenvalue weighted by Crippen LogP contribution is -2.35. The van der Waals surface area contributed by atoms with Crippen molar-refractivity contribution >= 4 is 17.6 Å². The molecule has 0 saturated carbocycles. The summed E-state index contributed by atoms with van der Waals surface area (Å²) in [6, 6.07) is 4.71. The average molecular weight is 248 g/mol. The number of anilines is 1. The topological polar surface area (TPSA) is 78.4 Å². The van der Waals surface area contributed by atoms with Crippen molar-refractivity contribution < 1.29 is 14.7 Å². The van der Waals surface area contributed by atoms with Crippen LogP contribution >= 0.6 is 0 Å². The molecule has 0 aromatic heterocycles. The van der Waals surface area contributed by atoms with Crippen molar-refractivity contribution in [1.29, 1.82) is 0 Å². The molecule has 0 aliphatic carbocycles. The Balaban J connectivity index is 2.16. The molecule has 0 radical (unpaired) electrons. The van der Waals surface area contributed by atoms with Crippen molar-refractivity contribution in [1.82, 2.24) is 5.32 Å². The summed E-state index contributed by atoms with van der Waals surface area (Å²) in [7, 11) is 0. The van der Waals surface area contributed by atoms with Crippen molar-refractivity contribution in [2.45, 2.75) is 25.8 Å². The lowest BCUT2D eigenvalue weighted by Gasteiger charge is -2.14. The van der Waals surface area contributed by atoms with Crippen molar-refractivity contribution in [3.8, 4) is 0 Å². The number of carboxylic acid groups (broad SMARTS) is 1. The van der Waals surface area contributed by atoms with Crippen LogP contribution in [0.25, 0.3) is 0 Å². The quantitative estimate of drug-likeness (QED) is 0.755. The Labute approximate surface area is 105 Å². The maximum atomic E-state index is 11.9.